The first-order valence-corrected chi connectivity index (χ1v) is 11.7. The standard InChI is InChI=1S/C27H27ClN2O3/c1-2-3-17-33-18-7-16-30-26(31)24(20-12-14-21(28)15-13-20)25(27(30)32)29-23-11-6-9-19-8-4-5-10-22(19)23/h4-6,8-15,29H,2-3,7,16-18H2,1H3. The van der Waals surface area contributed by atoms with E-state index in [1.54, 1.807) is 24.3 Å². The van der Waals surface area contributed by atoms with Crippen LogP contribution >= 0.6 is 11.6 Å². The van der Waals surface area contributed by atoms with Crippen LogP contribution in [0.5, 0.6) is 0 Å². The third-order valence-electron chi connectivity index (χ3n) is 5.66. The van der Waals surface area contributed by atoms with Crippen molar-refractivity contribution >= 4 is 45.4 Å². The van der Waals surface area contributed by atoms with Crippen LogP contribution in [0, 0.1) is 0 Å². The lowest BCUT2D eigenvalue weighted by Crippen LogP contribution is -2.34. The first-order chi connectivity index (χ1) is 16.1. The molecule has 0 atom stereocenters. The molecule has 1 heterocycles. The summed E-state index contributed by atoms with van der Waals surface area (Å²) >= 11 is 6.06. The van der Waals surface area contributed by atoms with Gasteiger partial charge in [-0.2, -0.15) is 0 Å². The van der Waals surface area contributed by atoms with Crippen LogP contribution in [0.3, 0.4) is 0 Å². The maximum Gasteiger partial charge on any atom is 0.278 e. The number of hydrogen-bond acceptors (Lipinski definition) is 4. The van der Waals surface area contributed by atoms with Gasteiger partial charge in [0.15, 0.2) is 0 Å². The number of benzene rings is 3. The Morgan fingerprint density at radius 2 is 1.61 bits per heavy atom. The molecule has 0 aliphatic carbocycles. The van der Waals surface area contributed by atoms with Crippen LogP contribution < -0.4 is 5.32 Å². The van der Waals surface area contributed by atoms with E-state index in [4.69, 9.17) is 16.3 Å². The Bertz CT molecular complexity index is 1180. The number of imide groups is 1. The molecule has 1 aliphatic heterocycles. The Labute approximate surface area is 199 Å². The summed E-state index contributed by atoms with van der Waals surface area (Å²) in [5.41, 5.74) is 2.07. The molecule has 0 unspecified atom stereocenters. The Hall–Kier alpha value is -3.15. The first-order valence-electron chi connectivity index (χ1n) is 11.3. The van der Waals surface area contributed by atoms with Crippen molar-refractivity contribution in [3.05, 3.63) is 83.0 Å². The van der Waals surface area contributed by atoms with Gasteiger partial charge in [0, 0.05) is 35.9 Å². The molecule has 0 bridgehead atoms. The Morgan fingerprint density at radius 1 is 0.879 bits per heavy atom. The van der Waals surface area contributed by atoms with Crippen molar-refractivity contribution in [2.75, 3.05) is 25.1 Å². The van der Waals surface area contributed by atoms with Gasteiger partial charge in [-0.25, -0.2) is 0 Å². The van der Waals surface area contributed by atoms with Crippen molar-refractivity contribution < 1.29 is 14.3 Å². The molecule has 0 saturated carbocycles. The minimum atomic E-state index is -0.327. The summed E-state index contributed by atoms with van der Waals surface area (Å²) < 4.78 is 5.61. The number of rotatable bonds is 10. The molecule has 2 amide bonds. The maximum atomic E-state index is 13.4. The zero-order valence-corrected chi connectivity index (χ0v) is 19.4. The SMILES string of the molecule is CCCCOCCCN1C(=O)C(Nc2cccc3ccccc23)=C(c2ccc(Cl)cc2)C1=O. The Balaban J connectivity index is 1.63. The maximum absolute atomic E-state index is 13.4. The van der Waals surface area contributed by atoms with Crippen LogP contribution in [0.4, 0.5) is 5.69 Å². The molecule has 5 nitrogen and oxygen atoms in total. The second-order valence-electron chi connectivity index (χ2n) is 7.99. The molecule has 1 N–H and O–H groups in total. The minimum Gasteiger partial charge on any atom is -0.381 e. The third kappa shape index (κ3) is 5.10. The van der Waals surface area contributed by atoms with Crippen LogP contribution in [0.15, 0.2) is 72.4 Å². The van der Waals surface area contributed by atoms with Gasteiger partial charge in [0.25, 0.3) is 11.8 Å². The van der Waals surface area contributed by atoms with Crippen LogP contribution in [-0.4, -0.2) is 36.5 Å². The van der Waals surface area contributed by atoms with Gasteiger partial charge >= 0.3 is 0 Å². The fourth-order valence-electron chi connectivity index (χ4n) is 3.92. The van der Waals surface area contributed by atoms with Crippen molar-refractivity contribution in [2.45, 2.75) is 26.2 Å². The van der Waals surface area contributed by atoms with E-state index in [0.29, 0.717) is 42.3 Å². The molecule has 3 aromatic rings. The molecule has 0 fully saturated rings. The summed E-state index contributed by atoms with van der Waals surface area (Å²) in [5, 5.41) is 5.88. The van der Waals surface area contributed by atoms with Crippen molar-refractivity contribution in [3.8, 4) is 0 Å². The lowest BCUT2D eigenvalue weighted by molar-refractivity contribution is -0.137. The van der Waals surface area contributed by atoms with E-state index in [0.717, 1.165) is 29.3 Å². The highest BCUT2D eigenvalue weighted by atomic mass is 35.5. The zero-order chi connectivity index (χ0) is 23.2. The number of carbonyl (C=O) groups is 2. The molecule has 3 aromatic carbocycles. The number of carbonyl (C=O) groups excluding carboxylic acids is 2. The molecular formula is C27H27ClN2O3. The van der Waals surface area contributed by atoms with Gasteiger partial charge in [-0.1, -0.05) is 73.5 Å². The van der Waals surface area contributed by atoms with Crippen LogP contribution in [0.1, 0.15) is 31.7 Å². The van der Waals surface area contributed by atoms with Crippen molar-refractivity contribution in [1.82, 2.24) is 4.90 Å². The number of anilines is 1. The molecule has 0 radical (unpaired) electrons. The highest BCUT2D eigenvalue weighted by Gasteiger charge is 2.39. The highest BCUT2D eigenvalue weighted by Crippen LogP contribution is 2.33. The van der Waals surface area contributed by atoms with E-state index in [-0.39, 0.29) is 17.5 Å². The van der Waals surface area contributed by atoms with Crippen LogP contribution in [0.25, 0.3) is 16.3 Å². The summed E-state index contributed by atoms with van der Waals surface area (Å²) in [5.74, 6) is -0.634. The van der Waals surface area contributed by atoms with E-state index in [2.05, 4.69) is 12.2 Å². The van der Waals surface area contributed by atoms with E-state index in [9.17, 15) is 9.59 Å². The number of unbranched alkanes of at least 4 members (excludes halogenated alkanes) is 1. The molecule has 0 saturated heterocycles. The van der Waals surface area contributed by atoms with Crippen molar-refractivity contribution in [2.24, 2.45) is 0 Å². The predicted octanol–water partition coefficient (Wildman–Crippen LogP) is 5.89. The molecule has 33 heavy (non-hydrogen) atoms. The first kappa shape index (κ1) is 23.0. The smallest absolute Gasteiger partial charge is 0.278 e. The monoisotopic (exact) mass is 462 g/mol. The number of amides is 2. The van der Waals surface area contributed by atoms with E-state index in [1.165, 1.54) is 4.90 Å². The third-order valence-corrected chi connectivity index (χ3v) is 5.91. The molecular weight excluding hydrogens is 436 g/mol. The lowest BCUT2D eigenvalue weighted by atomic mass is 10.0. The Morgan fingerprint density at radius 3 is 2.39 bits per heavy atom. The zero-order valence-electron chi connectivity index (χ0n) is 18.6. The number of fused-ring (bicyclic) bond motifs is 1. The number of nitrogens with one attached hydrogen (secondary N) is 1. The normalized spacial score (nSPS) is 13.9. The molecule has 170 valence electrons. The van der Waals surface area contributed by atoms with Gasteiger partial charge in [0.1, 0.15) is 5.70 Å². The van der Waals surface area contributed by atoms with E-state index in [1.807, 2.05) is 42.5 Å². The largest absolute Gasteiger partial charge is 0.381 e. The highest BCUT2D eigenvalue weighted by molar-refractivity contribution is 6.37. The average Bonchev–Trinajstić information content (AvgIpc) is 3.06. The Kier molecular flexibility index (Phi) is 7.43. The molecule has 4 rings (SSSR count). The number of nitrogens with zero attached hydrogens (tertiary/aromatic N) is 1. The quantitative estimate of drug-likeness (QED) is 0.301. The van der Waals surface area contributed by atoms with E-state index >= 15 is 0 Å². The second kappa shape index (κ2) is 10.6. The van der Waals surface area contributed by atoms with E-state index < -0.39 is 0 Å². The summed E-state index contributed by atoms with van der Waals surface area (Å²) in [4.78, 5) is 28.1. The lowest BCUT2D eigenvalue weighted by Gasteiger charge is -2.15. The van der Waals surface area contributed by atoms with Gasteiger partial charge in [0.2, 0.25) is 0 Å². The predicted molar refractivity (Wildman–Crippen MR) is 133 cm³/mol. The van der Waals surface area contributed by atoms with Gasteiger partial charge < -0.3 is 10.1 Å². The van der Waals surface area contributed by atoms with Gasteiger partial charge in [-0.15, -0.1) is 0 Å². The van der Waals surface area contributed by atoms with Gasteiger partial charge in [0.05, 0.1) is 5.57 Å². The summed E-state index contributed by atoms with van der Waals surface area (Å²) in [7, 11) is 0. The second-order valence-corrected chi connectivity index (χ2v) is 8.43. The molecule has 6 heteroatoms. The topological polar surface area (TPSA) is 58.6 Å². The van der Waals surface area contributed by atoms with Crippen LogP contribution in [0.2, 0.25) is 5.02 Å². The summed E-state index contributed by atoms with van der Waals surface area (Å²) in [6.07, 6.45) is 2.67. The molecule has 1 aliphatic rings. The fraction of sp³-hybridized carbons (Fsp3) is 0.259. The number of halogens is 1. The average molecular weight is 463 g/mol. The minimum absolute atomic E-state index is 0.283. The molecule has 0 aromatic heterocycles. The molecule has 0 spiro atoms. The number of hydrogen-bond donors (Lipinski definition) is 1. The van der Waals surface area contributed by atoms with Gasteiger partial charge in [-0.05, 0) is 42.0 Å². The van der Waals surface area contributed by atoms with Gasteiger partial charge in [-0.3, -0.25) is 14.5 Å². The fourth-order valence-corrected chi connectivity index (χ4v) is 4.05. The number of ether oxygens (including phenoxy) is 1. The van der Waals surface area contributed by atoms with Crippen LogP contribution in [-0.2, 0) is 14.3 Å². The summed E-state index contributed by atoms with van der Waals surface area (Å²) in [6, 6.07) is 20.8. The van der Waals surface area contributed by atoms with Crippen molar-refractivity contribution in [1.29, 1.82) is 0 Å². The van der Waals surface area contributed by atoms with Crippen molar-refractivity contribution in [3.63, 3.8) is 0 Å². The summed E-state index contributed by atoms with van der Waals surface area (Å²) in [6.45, 7) is 3.63.